The van der Waals surface area contributed by atoms with E-state index >= 15 is 0 Å². The van der Waals surface area contributed by atoms with Crippen molar-refractivity contribution in [3.8, 4) is 0 Å². The molecule has 0 saturated carbocycles. The zero-order valence-electron chi connectivity index (χ0n) is 12.2. The first kappa shape index (κ1) is 16.6. The highest BCUT2D eigenvalue weighted by Crippen LogP contribution is 2.18. The molecular weight excluding hydrogens is 305 g/mol. The van der Waals surface area contributed by atoms with Gasteiger partial charge < -0.3 is 5.32 Å². The summed E-state index contributed by atoms with van der Waals surface area (Å²) in [5.74, 6) is -0.183. The molecule has 1 N–H and O–H groups in total. The summed E-state index contributed by atoms with van der Waals surface area (Å²) < 4.78 is 13.6. The summed E-state index contributed by atoms with van der Waals surface area (Å²) >= 11 is 3.22. The Hall–Kier alpha value is -0.410. The molecule has 0 spiro atoms. The van der Waals surface area contributed by atoms with Gasteiger partial charge in [0.25, 0.3) is 0 Å². The molecule has 0 saturated heterocycles. The molecule has 0 unspecified atom stereocenters. The van der Waals surface area contributed by atoms with Crippen molar-refractivity contribution < 1.29 is 4.39 Å². The summed E-state index contributed by atoms with van der Waals surface area (Å²) in [6, 6.07) is 5.30. The lowest BCUT2D eigenvalue weighted by Crippen LogP contribution is -2.36. The Morgan fingerprint density at radius 1 is 1.11 bits per heavy atom. The monoisotopic (exact) mass is 329 g/mol. The van der Waals surface area contributed by atoms with Crippen molar-refractivity contribution in [3.05, 3.63) is 34.1 Å². The second kappa shape index (κ2) is 8.01. The molecular formula is C16H25BrFN. The lowest BCUT2D eigenvalue weighted by molar-refractivity contribution is 0.416. The minimum absolute atomic E-state index is 0.183. The second-order valence-electron chi connectivity index (χ2n) is 6.09. The highest BCUT2D eigenvalue weighted by molar-refractivity contribution is 9.10. The van der Waals surface area contributed by atoms with Crippen LogP contribution >= 0.6 is 15.9 Å². The summed E-state index contributed by atoms with van der Waals surface area (Å²) in [7, 11) is 0. The van der Waals surface area contributed by atoms with E-state index in [1.807, 2.05) is 12.1 Å². The van der Waals surface area contributed by atoms with Crippen LogP contribution in [0.2, 0.25) is 0 Å². The Kier molecular flexibility index (Phi) is 7.01. The Labute approximate surface area is 125 Å². The summed E-state index contributed by atoms with van der Waals surface area (Å²) in [4.78, 5) is 0. The van der Waals surface area contributed by atoms with Gasteiger partial charge in [0.1, 0.15) is 5.82 Å². The lowest BCUT2D eigenvalue weighted by atomic mass is 10.1. The van der Waals surface area contributed by atoms with Gasteiger partial charge in [0.15, 0.2) is 0 Å². The van der Waals surface area contributed by atoms with Gasteiger partial charge in [0.2, 0.25) is 0 Å². The number of hydrogen-bond donors (Lipinski definition) is 1. The fourth-order valence-electron chi connectivity index (χ4n) is 1.97. The van der Waals surface area contributed by atoms with Crippen LogP contribution in [0.25, 0.3) is 0 Å². The summed E-state index contributed by atoms with van der Waals surface area (Å²) in [5.41, 5.74) is 1.43. The fourth-order valence-corrected chi connectivity index (χ4v) is 2.39. The first-order chi connectivity index (χ1) is 8.88. The topological polar surface area (TPSA) is 12.0 Å². The summed E-state index contributed by atoms with van der Waals surface area (Å²) in [6.07, 6.45) is 5.93. The Balaban J connectivity index is 2.09. The van der Waals surface area contributed by atoms with Crippen molar-refractivity contribution in [3.63, 3.8) is 0 Å². The maximum Gasteiger partial charge on any atom is 0.137 e. The number of unbranched alkanes of at least 4 members (excludes halogenated alkanes) is 3. The molecule has 0 amide bonds. The number of benzene rings is 1. The quantitative estimate of drug-likeness (QED) is 0.688. The van der Waals surface area contributed by atoms with Gasteiger partial charge in [0.05, 0.1) is 4.47 Å². The van der Waals surface area contributed by atoms with Gasteiger partial charge in [-0.25, -0.2) is 4.39 Å². The Bertz CT molecular complexity index is 385. The van der Waals surface area contributed by atoms with E-state index in [1.165, 1.54) is 37.3 Å². The molecule has 0 aromatic heterocycles. The van der Waals surface area contributed by atoms with Gasteiger partial charge in [-0.05, 0) is 80.2 Å². The highest BCUT2D eigenvalue weighted by Gasteiger charge is 2.06. The molecule has 19 heavy (non-hydrogen) atoms. The van der Waals surface area contributed by atoms with Crippen LogP contribution in [0.1, 0.15) is 52.0 Å². The molecule has 0 fully saturated rings. The van der Waals surface area contributed by atoms with E-state index in [1.54, 1.807) is 0 Å². The van der Waals surface area contributed by atoms with Crippen LogP contribution in [0.5, 0.6) is 0 Å². The van der Waals surface area contributed by atoms with E-state index in [0.29, 0.717) is 4.47 Å². The fraction of sp³-hybridized carbons (Fsp3) is 0.625. The number of halogens is 2. The van der Waals surface area contributed by atoms with Crippen LogP contribution in [0.4, 0.5) is 4.39 Å². The maximum atomic E-state index is 13.1. The van der Waals surface area contributed by atoms with E-state index in [0.717, 1.165) is 13.0 Å². The van der Waals surface area contributed by atoms with Crippen molar-refractivity contribution in [1.82, 2.24) is 5.32 Å². The van der Waals surface area contributed by atoms with Gasteiger partial charge in [0, 0.05) is 5.54 Å². The molecule has 0 heterocycles. The zero-order valence-corrected chi connectivity index (χ0v) is 13.8. The van der Waals surface area contributed by atoms with Crippen LogP contribution in [0.3, 0.4) is 0 Å². The maximum absolute atomic E-state index is 13.1. The van der Waals surface area contributed by atoms with Crippen molar-refractivity contribution in [2.24, 2.45) is 0 Å². The van der Waals surface area contributed by atoms with E-state index in [4.69, 9.17) is 0 Å². The van der Waals surface area contributed by atoms with Crippen molar-refractivity contribution in [2.45, 2.75) is 58.4 Å². The van der Waals surface area contributed by atoms with E-state index in [9.17, 15) is 4.39 Å². The molecule has 1 nitrogen and oxygen atoms in total. The summed E-state index contributed by atoms with van der Waals surface area (Å²) in [6.45, 7) is 7.67. The predicted octanol–water partition coefficient (Wildman–Crippen LogP) is 5.08. The zero-order chi connectivity index (χ0) is 14.3. The average molecular weight is 330 g/mol. The SMILES string of the molecule is CC(C)(C)NCCCCCCc1ccc(F)c(Br)c1. The largest absolute Gasteiger partial charge is 0.312 e. The van der Waals surface area contributed by atoms with Crippen LogP contribution in [0, 0.1) is 5.82 Å². The minimum Gasteiger partial charge on any atom is -0.312 e. The summed E-state index contributed by atoms with van der Waals surface area (Å²) in [5, 5.41) is 3.50. The standard InChI is InChI=1S/C16H25BrFN/c1-16(2,3)19-11-7-5-4-6-8-13-9-10-15(18)14(17)12-13/h9-10,12,19H,4-8,11H2,1-3H3. The lowest BCUT2D eigenvalue weighted by Gasteiger charge is -2.20. The van der Waals surface area contributed by atoms with Gasteiger partial charge in [-0.2, -0.15) is 0 Å². The molecule has 0 aliphatic rings. The molecule has 108 valence electrons. The van der Waals surface area contributed by atoms with E-state index < -0.39 is 0 Å². The smallest absolute Gasteiger partial charge is 0.137 e. The normalized spacial score (nSPS) is 11.8. The number of nitrogens with one attached hydrogen (secondary N) is 1. The molecule has 0 radical (unpaired) electrons. The number of hydrogen-bond acceptors (Lipinski definition) is 1. The molecule has 1 aromatic carbocycles. The Morgan fingerprint density at radius 3 is 2.42 bits per heavy atom. The average Bonchev–Trinajstić information content (AvgIpc) is 2.31. The molecule has 0 atom stereocenters. The second-order valence-corrected chi connectivity index (χ2v) is 6.94. The van der Waals surface area contributed by atoms with Crippen molar-refractivity contribution in [2.75, 3.05) is 6.54 Å². The first-order valence-corrected chi connectivity index (χ1v) is 7.87. The third-order valence-electron chi connectivity index (χ3n) is 3.03. The molecule has 1 aromatic rings. The molecule has 3 heteroatoms. The van der Waals surface area contributed by atoms with Gasteiger partial charge in [-0.15, -0.1) is 0 Å². The van der Waals surface area contributed by atoms with Crippen molar-refractivity contribution in [1.29, 1.82) is 0 Å². The first-order valence-electron chi connectivity index (χ1n) is 7.07. The predicted molar refractivity (Wildman–Crippen MR) is 84.0 cm³/mol. The van der Waals surface area contributed by atoms with Gasteiger partial charge in [-0.1, -0.05) is 18.9 Å². The molecule has 0 bridgehead atoms. The highest BCUT2D eigenvalue weighted by atomic mass is 79.9. The van der Waals surface area contributed by atoms with Crippen LogP contribution in [-0.2, 0) is 6.42 Å². The third kappa shape index (κ3) is 7.68. The molecule has 1 rings (SSSR count). The number of aryl methyl sites for hydroxylation is 1. The van der Waals surface area contributed by atoms with Crippen molar-refractivity contribution >= 4 is 15.9 Å². The van der Waals surface area contributed by atoms with Crippen LogP contribution < -0.4 is 5.32 Å². The molecule has 0 aliphatic carbocycles. The Morgan fingerprint density at radius 2 is 1.79 bits per heavy atom. The minimum atomic E-state index is -0.183. The number of rotatable bonds is 7. The van der Waals surface area contributed by atoms with Crippen LogP contribution in [0.15, 0.2) is 22.7 Å². The van der Waals surface area contributed by atoms with E-state index in [2.05, 4.69) is 42.0 Å². The third-order valence-corrected chi connectivity index (χ3v) is 3.64. The van der Waals surface area contributed by atoms with Gasteiger partial charge >= 0.3 is 0 Å². The van der Waals surface area contributed by atoms with E-state index in [-0.39, 0.29) is 11.4 Å². The molecule has 0 aliphatic heterocycles. The van der Waals surface area contributed by atoms with Crippen LogP contribution in [-0.4, -0.2) is 12.1 Å². The van der Waals surface area contributed by atoms with Gasteiger partial charge in [-0.3, -0.25) is 0 Å².